The maximum absolute atomic E-state index is 12.8. The van der Waals surface area contributed by atoms with E-state index in [9.17, 15) is 9.59 Å². The molecule has 4 rings (SSSR count). The molecule has 1 atom stereocenters. The lowest BCUT2D eigenvalue weighted by Gasteiger charge is -2.35. The zero-order valence-electron chi connectivity index (χ0n) is 16.2. The summed E-state index contributed by atoms with van der Waals surface area (Å²) in [6.45, 7) is 4.21. The first-order valence-corrected chi connectivity index (χ1v) is 9.68. The van der Waals surface area contributed by atoms with E-state index in [-0.39, 0.29) is 18.3 Å². The highest BCUT2D eigenvalue weighted by atomic mass is 35.5. The summed E-state index contributed by atoms with van der Waals surface area (Å²) in [5, 5.41) is 7.89. The average Bonchev–Trinajstić information content (AvgIpc) is 3.24. The summed E-state index contributed by atoms with van der Waals surface area (Å²) in [7, 11) is 0. The van der Waals surface area contributed by atoms with E-state index in [0.29, 0.717) is 49.3 Å². The van der Waals surface area contributed by atoms with Crippen LogP contribution in [0.2, 0.25) is 0 Å². The summed E-state index contributed by atoms with van der Waals surface area (Å²) in [6, 6.07) is 5.48. The van der Waals surface area contributed by atoms with Gasteiger partial charge in [-0.15, -0.1) is 12.4 Å². The topological polar surface area (TPSA) is 109 Å². The Morgan fingerprint density at radius 2 is 1.97 bits per heavy atom. The van der Waals surface area contributed by atoms with Gasteiger partial charge >= 0.3 is 0 Å². The van der Waals surface area contributed by atoms with Gasteiger partial charge in [0.2, 0.25) is 0 Å². The van der Waals surface area contributed by atoms with Crippen LogP contribution in [0.4, 0.5) is 5.82 Å². The van der Waals surface area contributed by atoms with Crippen LogP contribution in [0.15, 0.2) is 30.6 Å². The molecule has 0 aliphatic carbocycles. The van der Waals surface area contributed by atoms with Crippen LogP contribution in [0.5, 0.6) is 0 Å². The molecule has 2 aliphatic heterocycles. The molecule has 3 N–H and O–H groups in total. The number of amides is 2. The first kappa shape index (κ1) is 21.1. The zero-order chi connectivity index (χ0) is 19.5. The predicted octanol–water partition coefficient (Wildman–Crippen LogP) is 0.686. The minimum absolute atomic E-state index is 0. The van der Waals surface area contributed by atoms with Crippen molar-refractivity contribution in [3.05, 3.63) is 41.9 Å². The van der Waals surface area contributed by atoms with E-state index < -0.39 is 5.91 Å². The summed E-state index contributed by atoms with van der Waals surface area (Å²) >= 11 is 0. The van der Waals surface area contributed by atoms with Gasteiger partial charge in [-0.3, -0.25) is 14.3 Å². The number of hydrogen-bond acceptors (Lipinski definition) is 6. The Morgan fingerprint density at radius 3 is 2.66 bits per heavy atom. The number of carbonyl (C=O) groups excluding carboxylic acids is 2. The van der Waals surface area contributed by atoms with Crippen molar-refractivity contribution < 1.29 is 9.59 Å². The average molecular weight is 420 g/mol. The molecule has 4 heterocycles. The van der Waals surface area contributed by atoms with Crippen LogP contribution < -0.4 is 16.0 Å². The second-order valence-corrected chi connectivity index (χ2v) is 7.20. The fourth-order valence-electron chi connectivity index (χ4n) is 3.84. The molecule has 2 amide bonds. The smallest absolute Gasteiger partial charge is 0.274 e. The van der Waals surface area contributed by atoms with E-state index >= 15 is 0 Å². The Morgan fingerprint density at radius 1 is 1.17 bits per heavy atom. The zero-order valence-corrected chi connectivity index (χ0v) is 17.0. The summed E-state index contributed by atoms with van der Waals surface area (Å²) in [5.74, 6) is 0.0267. The third kappa shape index (κ3) is 4.51. The van der Waals surface area contributed by atoms with Crippen molar-refractivity contribution in [3.8, 4) is 0 Å². The SMILES string of the molecule is Cl.NC(=O)c1cccnc1N1CCN(C(=O)c2ccn(C3CCCNC3)n2)CC1. The van der Waals surface area contributed by atoms with E-state index in [0.717, 1.165) is 25.9 Å². The summed E-state index contributed by atoms with van der Waals surface area (Å²) in [6.07, 6.45) is 5.74. The van der Waals surface area contributed by atoms with Crippen molar-refractivity contribution in [2.75, 3.05) is 44.2 Å². The Labute approximate surface area is 175 Å². The number of piperazine rings is 1. The number of rotatable bonds is 4. The number of primary amides is 1. The van der Waals surface area contributed by atoms with Crippen LogP contribution in [-0.2, 0) is 0 Å². The van der Waals surface area contributed by atoms with E-state index in [1.807, 2.05) is 15.8 Å². The maximum Gasteiger partial charge on any atom is 0.274 e. The lowest BCUT2D eigenvalue weighted by molar-refractivity contribution is 0.0738. The largest absolute Gasteiger partial charge is 0.365 e. The molecule has 2 aromatic rings. The third-order valence-electron chi connectivity index (χ3n) is 5.39. The van der Waals surface area contributed by atoms with Crippen molar-refractivity contribution in [1.29, 1.82) is 0 Å². The number of nitrogens with two attached hydrogens (primary N) is 1. The van der Waals surface area contributed by atoms with Crippen LogP contribution in [-0.4, -0.2) is 70.7 Å². The number of halogens is 1. The molecule has 0 radical (unpaired) electrons. The highest BCUT2D eigenvalue weighted by molar-refractivity contribution is 5.97. The summed E-state index contributed by atoms with van der Waals surface area (Å²) in [5.41, 5.74) is 6.34. The van der Waals surface area contributed by atoms with Crippen LogP contribution in [0.1, 0.15) is 39.7 Å². The van der Waals surface area contributed by atoms with Crippen LogP contribution in [0.25, 0.3) is 0 Å². The molecule has 0 saturated carbocycles. The highest BCUT2D eigenvalue weighted by Crippen LogP contribution is 2.20. The normalized spacial score (nSPS) is 19.5. The Bertz CT molecular complexity index is 858. The lowest BCUT2D eigenvalue weighted by atomic mass is 10.1. The molecule has 1 unspecified atom stereocenters. The quantitative estimate of drug-likeness (QED) is 0.754. The molecule has 2 aliphatic rings. The molecule has 0 aromatic carbocycles. The number of pyridine rings is 1. The second kappa shape index (κ2) is 9.23. The van der Waals surface area contributed by atoms with Gasteiger partial charge in [0.25, 0.3) is 11.8 Å². The molecule has 2 saturated heterocycles. The van der Waals surface area contributed by atoms with Crippen molar-refractivity contribution in [3.63, 3.8) is 0 Å². The molecule has 156 valence electrons. The maximum atomic E-state index is 12.8. The third-order valence-corrected chi connectivity index (χ3v) is 5.39. The van der Waals surface area contributed by atoms with Gasteiger partial charge in [-0.2, -0.15) is 5.10 Å². The lowest BCUT2D eigenvalue weighted by Crippen LogP contribution is -2.49. The molecule has 10 heteroatoms. The molecule has 2 aromatic heterocycles. The predicted molar refractivity (Wildman–Crippen MR) is 111 cm³/mol. The van der Waals surface area contributed by atoms with Gasteiger partial charge in [-0.1, -0.05) is 0 Å². The number of nitrogens with zero attached hydrogens (tertiary/aromatic N) is 5. The Kier molecular flexibility index (Phi) is 6.71. The standard InChI is InChI=1S/C19H25N7O2.ClH/c20-17(27)15-4-2-7-22-18(15)24-9-11-25(12-10-24)19(28)16-5-8-26(23-16)14-3-1-6-21-13-14;/h2,4-5,7-8,14,21H,1,3,6,9-13H2,(H2,20,27);1H. The molecule has 29 heavy (non-hydrogen) atoms. The van der Waals surface area contributed by atoms with Gasteiger partial charge in [0.15, 0.2) is 0 Å². The second-order valence-electron chi connectivity index (χ2n) is 7.20. The van der Waals surface area contributed by atoms with Crippen molar-refractivity contribution >= 4 is 30.0 Å². The van der Waals surface area contributed by atoms with Gasteiger partial charge in [0, 0.05) is 45.1 Å². The molecular formula is C19H26ClN7O2. The highest BCUT2D eigenvalue weighted by Gasteiger charge is 2.26. The molecule has 0 bridgehead atoms. The van der Waals surface area contributed by atoms with E-state index in [2.05, 4.69) is 15.4 Å². The first-order valence-electron chi connectivity index (χ1n) is 9.68. The van der Waals surface area contributed by atoms with Crippen molar-refractivity contribution in [1.82, 2.24) is 25.0 Å². The fraction of sp³-hybridized carbons (Fsp3) is 0.474. The van der Waals surface area contributed by atoms with Crippen molar-refractivity contribution in [2.45, 2.75) is 18.9 Å². The molecule has 9 nitrogen and oxygen atoms in total. The fourth-order valence-corrected chi connectivity index (χ4v) is 3.84. The molecule has 0 spiro atoms. The summed E-state index contributed by atoms with van der Waals surface area (Å²) in [4.78, 5) is 32.6. The number of piperidine rings is 1. The molecular weight excluding hydrogens is 394 g/mol. The van der Waals surface area contributed by atoms with Gasteiger partial charge < -0.3 is 20.9 Å². The Balaban J connectivity index is 0.00000240. The van der Waals surface area contributed by atoms with Crippen LogP contribution in [0, 0.1) is 0 Å². The van der Waals surface area contributed by atoms with E-state index in [1.165, 1.54) is 0 Å². The van der Waals surface area contributed by atoms with E-state index in [4.69, 9.17) is 5.73 Å². The van der Waals surface area contributed by atoms with Crippen molar-refractivity contribution in [2.24, 2.45) is 5.73 Å². The monoisotopic (exact) mass is 419 g/mol. The minimum atomic E-state index is -0.496. The number of carbonyl (C=O) groups is 2. The van der Waals surface area contributed by atoms with E-state index in [1.54, 1.807) is 29.3 Å². The number of hydrogen-bond donors (Lipinski definition) is 2. The Hall–Kier alpha value is -2.65. The number of nitrogens with one attached hydrogen (secondary N) is 1. The first-order chi connectivity index (χ1) is 13.6. The van der Waals surface area contributed by atoms with Gasteiger partial charge in [-0.05, 0) is 37.6 Å². The van der Waals surface area contributed by atoms with Gasteiger partial charge in [0.1, 0.15) is 11.5 Å². The van der Waals surface area contributed by atoms with Gasteiger partial charge in [0.05, 0.1) is 11.6 Å². The number of aromatic nitrogens is 3. The minimum Gasteiger partial charge on any atom is -0.365 e. The van der Waals surface area contributed by atoms with Crippen LogP contribution in [0.3, 0.4) is 0 Å². The summed E-state index contributed by atoms with van der Waals surface area (Å²) < 4.78 is 1.91. The van der Waals surface area contributed by atoms with Crippen LogP contribution >= 0.6 is 12.4 Å². The molecule has 2 fully saturated rings. The number of anilines is 1. The van der Waals surface area contributed by atoms with Gasteiger partial charge in [-0.25, -0.2) is 4.98 Å².